The fourth-order valence-electron chi connectivity index (χ4n) is 1.95. The summed E-state index contributed by atoms with van der Waals surface area (Å²) in [7, 11) is 0. The lowest BCUT2D eigenvalue weighted by Gasteiger charge is -2.05. The Bertz CT molecular complexity index is 746. The van der Waals surface area contributed by atoms with Gasteiger partial charge in [-0.1, -0.05) is 39.7 Å². The third-order valence-corrected chi connectivity index (χ3v) is 3.99. The number of hydrogen-bond donors (Lipinski definition) is 2. The lowest BCUT2D eigenvalue weighted by atomic mass is 10.2. The van der Waals surface area contributed by atoms with Crippen molar-refractivity contribution >= 4 is 51.2 Å². The zero-order valence-corrected chi connectivity index (χ0v) is 15.7. The number of hydrogen-bond acceptors (Lipinski definition) is 3. The van der Waals surface area contributed by atoms with Gasteiger partial charge in [0.25, 0.3) is 0 Å². The maximum absolute atomic E-state index is 11.8. The van der Waals surface area contributed by atoms with E-state index in [-0.39, 0.29) is 24.7 Å². The van der Waals surface area contributed by atoms with Gasteiger partial charge in [-0.3, -0.25) is 9.59 Å². The average molecular weight is 423 g/mol. The van der Waals surface area contributed by atoms with Crippen LogP contribution in [0, 0.1) is 0 Å². The van der Waals surface area contributed by atoms with E-state index in [0.29, 0.717) is 11.4 Å². The number of rotatable bonds is 7. The average Bonchev–Trinajstić information content (AvgIpc) is 2.59. The van der Waals surface area contributed by atoms with E-state index in [1.54, 1.807) is 36.4 Å². The minimum absolute atomic E-state index is 0.125. The molecule has 2 amide bonds. The molecule has 25 heavy (non-hydrogen) atoms. The van der Waals surface area contributed by atoms with Crippen LogP contribution in [0.1, 0.15) is 24.8 Å². The van der Waals surface area contributed by atoms with E-state index in [0.717, 1.165) is 15.7 Å². The first-order valence-electron chi connectivity index (χ1n) is 7.66. The fourth-order valence-corrected chi connectivity index (χ4v) is 2.34. The van der Waals surface area contributed by atoms with Gasteiger partial charge in [0.15, 0.2) is 0 Å². The first-order chi connectivity index (χ1) is 12.0. The Kier molecular flexibility index (Phi) is 7.63. The standard InChI is InChI=1S/C18H17BrClN3O2/c19-14-6-10-16(11-7-14)22-17(24)2-1-3-18(25)23-21-12-13-4-8-15(20)9-5-13/h4-12H,1-3H2,(H,22,24)(H,23,25)/b21-12+. The van der Waals surface area contributed by atoms with Crippen molar-refractivity contribution in [3.05, 3.63) is 63.6 Å². The number of amides is 2. The van der Waals surface area contributed by atoms with Gasteiger partial charge in [0.1, 0.15) is 0 Å². The molecule has 0 aliphatic carbocycles. The summed E-state index contributed by atoms with van der Waals surface area (Å²) in [6, 6.07) is 14.4. The van der Waals surface area contributed by atoms with Crippen molar-refractivity contribution in [2.75, 3.05) is 5.32 Å². The number of anilines is 1. The third-order valence-electron chi connectivity index (χ3n) is 3.21. The number of hydrazone groups is 1. The van der Waals surface area contributed by atoms with Gasteiger partial charge in [0.05, 0.1) is 6.21 Å². The molecule has 0 saturated heterocycles. The normalized spacial score (nSPS) is 10.6. The van der Waals surface area contributed by atoms with Crippen LogP contribution >= 0.6 is 27.5 Å². The molecule has 130 valence electrons. The van der Waals surface area contributed by atoms with Gasteiger partial charge >= 0.3 is 0 Å². The molecule has 0 atom stereocenters. The molecule has 5 nitrogen and oxygen atoms in total. The van der Waals surface area contributed by atoms with E-state index in [4.69, 9.17) is 11.6 Å². The van der Waals surface area contributed by atoms with Crippen molar-refractivity contribution in [2.24, 2.45) is 5.10 Å². The molecule has 2 aromatic carbocycles. The molecule has 0 bridgehead atoms. The highest BCUT2D eigenvalue weighted by Gasteiger charge is 2.05. The quantitative estimate of drug-likeness (QED) is 0.514. The lowest BCUT2D eigenvalue weighted by Crippen LogP contribution is -2.18. The Hall–Kier alpha value is -2.18. The Labute approximate surface area is 159 Å². The fraction of sp³-hybridized carbons (Fsp3) is 0.167. The Morgan fingerprint density at radius 3 is 2.32 bits per heavy atom. The minimum Gasteiger partial charge on any atom is -0.326 e. The number of carbonyl (C=O) groups excluding carboxylic acids is 2. The highest BCUT2D eigenvalue weighted by atomic mass is 79.9. The lowest BCUT2D eigenvalue weighted by molar-refractivity contribution is -0.121. The van der Waals surface area contributed by atoms with E-state index < -0.39 is 0 Å². The van der Waals surface area contributed by atoms with Crippen LogP contribution < -0.4 is 10.7 Å². The largest absolute Gasteiger partial charge is 0.326 e. The van der Waals surface area contributed by atoms with Gasteiger partial charge in [-0.05, 0) is 48.4 Å². The summed E-state index contributed by atoms with van der Waals surface area (Å²) < 4.78 is 0.946. The van der Waals surface area contributed by atoms with E-state index >= 15 is 0 Å². The molecule has 0 unspecified atom stereocenters. The molecular formula is C18H17BrClN3O2. The molecule has 2 rings (SSSR count). The number of halogens is 2. The minimum atomic E-state index is -0.235. The van der Waals surface area contributed by atoms with Crippen molar-refractivity contribution in [1.29, 1.82) is 0 Å². The van der Waals surface area contributed by atoms with Gasteiger partial charge in [0.2, 0.25) is 11.8 Å². The summed E-state index contributed by atoms with van der Waals surface area (Å²) in [6.07, 6.45) is 2.48. The van der Waals surface area contributed by atoms with Gasteiger partial charge in [-0.15, -0.1) is 0 Å². The maximum Gasteiger partial charge on any atom is 0.240 e. The topological polar surface area (TPSA) is 70.6 Å². The molecule has 0 heterocycles. The zero-order chi connectivity index (χ0) is 18.1. The summed E-state index contributed by atoms with van der Waals surface area (Å²) in [4.78, 5) is 23.5. The van der Waals surface area contributed by atoms with Crippen LogP contribution in [0.5, 0.6) is 0 Å². The van der Waals surface area contributed by atoms with Crippen molar-refractivity contribution in [1.82, 2.24) is 5.43 Å². The van der Waals surface area contributed by atoms with Gasteiger partial charge in [-0.2, -0.15) is 5.10 Å². The number of benzene rings is 2. The Morgan fingerprint density at radius 1 is 1.00 bits per heavy atom. The molecule has 0 aliphatic rings. The van der Waals surface area contributed by atoms with Crippen molar-refractivity contribution in [3.63, 3.8) is 0 Å². The zero-order valence-electron chi connectivity index (χ0n) is 13.3. The van der Waals surface area contributed by atoms with Crippen molar-refractivity contribution in [2.45, 2.75) is 19.3 Å². The highest BCUT2D eigenvalue weighted by Crippen LogP contribution is 2.14. The monoisotopic (exact) mass is 421 g/mol. The van der Waals surface area contributed by atoms with Crippen LogP contribution in [0.3, 0.4) is 0 Å². The van der Waals surface area contributed by atoms with Crippen molar-refractivity contribution in [3.8, 4) is 0 Å². The molecule has 0 radical (unpaired) electrons. The van der Waals surface area contributed by atoms with E-state index in [9.17, 15) is 9.59 Å². The number of carbonyl (C=O) groups is 2. The van der Waals surface area contributed by atoms with Gasteiger partial charge in [-0.25, -0.2) is 5.43 Å². The first kappa shape index (κ1) is 19.1. The molecule has 0 saturated carbocycles. The van der Waals surface area contributed by atoms with E-state index in [1.165, 1.54) is 6.21 Å². The predicted molar refractivity (Wildman–Crippen MR) is 104 cm³/mol. The predicted octanol–water partition coefficient (Wildman–Crippen LogP) is 4.36. The van der Waals surface area contributed by atoms with Crippen LogP contribution in [-0.2, 0) is 9.59 Å². The molecule has 0 spiro atoms. The molecule has 2 N–H and O–H groups in total. The van der Waals surface area contributed by atoms with E-state index in [1.807, 2.05) is 12.1 Å². The summed E-state index contributed by atoms with van der Waals surface area (Å²) in [5.41, 5.74) is 4.00. The van der Waals surface area contributed by atoms with E-state index in [2.05, 4.69) is 31.8 Å². The summed E-state index contributed by atoms with van der Waals surface area (Å²) in [6.45, 7) is 0. The van der Waals surface area contributed by atoms with Crippen LogP contribution in [0.25, 0.3) is 0 Å². The molecule has 7 heteroatoms. The SMILES string of the molecule is O=C(CCCC(=O)Nc1ccc(Br)cc1)N/N=C/c1ccc(Cl)cc1. The van der Waals surface area contributed by atoms with Crippen LogP contribution in [0.2, 0.25) is 5.02 Å². The first-order valence-corrected chi connectivity index (χ1v) is 8.83. The molecular weight excluding hydrogens is 406 g/mol. The summed E-state index contributed by atoms with van der Waals surface area (Å²) in [5.74, 6) is -0.360. The Balaban J connectivity index is 1.65. The van der Waals surface area contributed by atoms with Crippen LogP contribution in [-0.4, -0.2) is 18.0 Å². The van der Waals surface area contributed by atoms with Gasteiger partial charge < -0.3 is 5.32 Å². The smallest absolute Gasteiger partial charge is 0.240 e. The second-order valence-electron chi connectivity index (χ2n) is 5.25. The van der Waals surface area contributed by atoms with Crippen LogP contribution in [0.4, 0.5) is 5.69 Å². The Morgan fingerprint density at radius 2 is 1.64 bits per heavy atom. The second-order valence-corrected chi connectivity index (χ2v) is 6.61. The number of nitrogens with one attached hydrogen (secondary N) is 2. The highest BCUT2D eigenvalue weighted by molar-refractivity contribution is 9.10. The van der Waals surface area contributed by atoms with Gasteiger partial charge in [0, 0.05) is 28.0 Å². The molecule has 0 aliphatic heterocycles. The molecule has 0 fully saturated rings. The van der Waals surface area contributed by atoms with Crippen molar-refractivity contribution < 1.29 is 9.59 Å². The number of nitrogens with zero attached hydrogens (tertiary/aromatic N) is 1. The summed E-state index contributed by atoms with van der Waals surface area (Å²) >= 11 is 9.12. The third kappa shape index (κ3) is 7.49. The van der Waals surface area contributed by atoms with Crippen LogP contribution in [0.15, 0.2) is 58.1 Å². The summed E-state index contributed by atoms with van der Waals surface area (Å²) in [5, 5.41) is 7.29. The molecule has 2 aromatic rings. The molecule has 0 aromatic heterocycles. The second kappa shape index (κ2) is 9.96. The maximum atomic E-state index is 11.8.